The Morgan fingerprint density at radius 3 is 2.67 bits per heavy atom. The zero-order chi connectivity index (χ0) is 17.4. The van der Waals surface area contributed by atoms with Crippen LogP contribution < -0.4 is 4.74 Å². The van der Waals surface area contributed by atoms with Gasteiger partial charge in [0.2, 0.25) is 6.29 Å². The van der Waals surface area contributed by atoms with Crippen molar-refractivity contribution in [2.75, 3.05) is 7.11 Å². The minimum absolute atomic E-state index is 0.0147. The molecule has 1 aliphatic rings. The lowest BCUT2D eigenvalue weighted by molar-refractivity contribution is -0.182. The van der Waals surface area contributed by atoms with Gasteiger partial charge in [0.25, 0.3) is 0 Å². The largest absolute Gasteiger partial charge is 0.497 e. The van der Waals surface area contributed by atoms with E-state index in [9.17, 15) is 4.79 Å². The van der Waals surface area contributed by atoms with E-state index < -0.39 is 6.29 Å². The molecule has 0 spiro atoms. The number of benzene rings is 1. The zero-order valence-corrected chi connectivity index (χ0v) is 14.8. The first kappa shape index (κ1) is 18.7. The molecule has 0 saturated carbocycles. The van der Waals surface area contributed by atoms with Gasteiger partial charge in [0.15, 0.2) is 0 Å². The summed E-state index contributed by atoms with van der Waals surface area (Å²) in [6, 6.07) is 7.88. The third-order valence-electron chi connectivity index (χ3n) is 4.19. The maximum Gasteiger partial charge on any atom is 0.304 e. The summed E-state index contributed by atoms with van der Waals surface area (Å²) >= 11 is 0. The SMILES string of the molecule is CCCC[C@H](OCc1ccc(OC)cc1)[C@@H]1CCC(OC(C)=O)O1. The second-order valence-electron chi connectivity index (χ2n) is 6.13. The Balaban J connectivity index is 1.89. The van der Waals surface area contributed by atoms with Crippen molar-refractivity contribution in [3.8, 4) is 5.75 Å². The first-order chi connectivity index (χ1) is 11.6. The van der Waals surface area contributed by atoms with Gasteiger partial charge in [-0.3, -0.25) is 4.79 Å². The fraction of sp³-hybridized carbons (Fsp3) is 0.632. The van der Waals surface area contributed by atoms with Crippen molar-refractivity contribution < 1.29 is 23.7 Å². The van der Waals surface area contributed by atoms with Gasteiger partial charge < -0.3 is 18.9 Å². The topological polar surface area (TPSA) is 54.0 Å². The second kappa shape index (κ2) is 9.64. The van der Waals surface area contributed by atoms with Crippen LogP contribution in [0.25, 0.3) is 0 Å². The summed E-state index contributed by atoms with van der Waals surface area (Å²) in [5.74, 6) is 0.537. The molecule has 3 atom stereocenters. The molecule has 1 aliphatic heterocycles. The van der Waals surface area contributed by atoms with Gasteiger partial charge in [-0.1, -0.05) is 31.9 Å². The Bertz CT molecular complexity index is 499. The van der Waals surface area contributed by atoms with E-state index in [1.807, 2.05) is 24.3 Å². The minimum Gasteiger partial charge on any atom is -0.497 e. The van der Waals surface area contributed by atoms with Gasteiger partial charge in [0.1, 0.15) is 5.75 Å². The lowest BCUT2D eigenvalue weighted by Crippen LogP contribution is -2.30. The van der Waals surface area contributed by atoms with Crippen molar-refractivity contribution in [1.82, 2.24) is 0 Å². The number of methoxy groups -OCH3 is 1. The Hall–Kier alpha value is -1.59. The fourth-order valence-corrected chi connectivity index (χ4v) is 2.88. The molecule has 0 aliphatic carbocycles. The highest BCUT2D eigenvalue weighted by atomic mass is 16.7. The lowest BCUT2D eigenvalue weighted by atomic mass is 10.0. The van der Waals surface area contributed by atoms with Gasteiger partial charge in [-0.05, 0) is 30.5 Å². The van der Waals surface area contributed by atoms with Crippen LogP contribution in [0.3, 0.4) is 0 Å². The molecule has 134 valence electrons. The Morgan fingerprint density at radius 1 is 1.29 bits per heavy atom. The van der Waals surface area contributed by atoms with Crippen LogP contribution in [0.1, 0.15) is 51.5 Å². The van der Waals surface area contributed by atoms with Crippen LogP contribution in [0.4, 0.5) is 0 Å². The van der Waals surface area contributed by atoms with Crippen molar-refractivity contribution in [1.29, 1.82) is 0 Å². The van der Waals surface area contributed by atoms with E-state index in [4.69, 9.17) is 18.9 Å². The van der Waals surface area contributed by atoms with Crippen LogP contribution >= 0.6 is 0 Å². The molecule has 0 aromatic heterocycles. The van der Waals surface area contributed by atoms with Gasteiger partial charge in [0, 0.05) is 13.3 Å². The van der Waals surface area contributed by atoms with Crippen molar-refractivity contribution in [3.05, 3.63) is 29.8 Å². The van der Waals surface area contributed by atoms with Gasteiger partial charge in [-0.15, -0.1) is 0 Å². The van der Waals surface area contributed by atoms with Gasteiger partial charge >= 0.3 is 5.97 Å². The summed E-state index contributed by atoms with van der Waals surface area (Å²) in [6.07, 6.45) is 4.32. The molecular weight excluding hydrogens is 308 g/mol. The first-order valence-electron chi connectivity index (χ1n) is 8.69. The molecule has 1 unspecified atom stereocenters. The van der Waals surface area contributed by atoms with Crippen molar-refractivity contribution >= 4 is 5.97 Å². The second-order valence-corrected chi connectivity index (χ2v) is 6.13. The summed E-state index contributed by atoms with van der Waals surface area (Å²) in [5.41, 5.74) is 1.10. The number of unbranched alkanes of at least 4 members (excludes halogenated alkanes) is 1. The third kappa shape index (κ3) is 5.80. The molecule has 1 heterocycles. The van der Waals surface area contributed by atoms with E-state index in [0.717, 1.165) is 43.4 Å². The highest BCUT2D eigenvalue weighted by molar-refractivity contribution is 5.66. The summed E-state index contributed by atoms with van der Waals surface area (Å²) in [5, 5.41) is 0. The average Bonchev–Trinajstić information content (AvgIpc) is 3.03. The molecule has 0 bridgehead atoms. The highest BCUT2D eigenvalue weighted by Crippen LogP contribution is 2.27. The molecule has 1 fully saturated rings. The van der Waals surface area contributed by atoms with E-state index in [1.54, 1.807) is 7.11 Å². The lowest BCUT2D eigenvalue weighted by Gasteiger charge is -2.24. The average molecular weight is 336 g/mol. The summed E-state index contributed by atoms with van der Waals surface area (Å²) in [4.78, 5) is 11.1. The van der Waals surface area contributed by atoms with Gasteiger partial charge in [0.05, 0.1) is 25.9 Å². The summed E-state index contributed by atoms with van der Waals surface area (Å²) < 4.78 is 22.3. The van der Waals surface area contributed by atoms with Crippen molar-refractivity contribution in [3.63, 3.8) is 0 Å². The fourth-order valence-electron chi connectivity index (χ4n) is 2.88. The first-order valence-corrected chi connectivity index (χ1v) is 8.69. The minimum atomic E-state index is -0.429. The molecule has 0 N–H and O–H groups in total. The highest BCUT2D eigenvalue weighted by Gasteiger charge is 2.33. The van der Waals surface area contributed by atoms with E-state index in [0.29, 0.717) is 6.61 Å². The predicted octanol–water partition coefficient (Wildman–Crippen LogP) is 3.84. The van der Waals surface area contributed by atoms with E-state index in [2.05, 4.69) is 6.92 Å². The van der Waals surface area contributed by atoms with E-state index in [-0.39, 0.29) is 18.2 Å². The van der Waals surface area contributed by atoms with Gasteiger partial charge in [-0.25, -0.2) is 0 Å². The number of hydrogen-bond acceptors (Lipinski definition) is 5. The molecule has 2 rings (SSSR count). The number of carbonyl (C=O) groups is 1. The molecule has 5 heteroatoms. The molecule has 0 radical (unpaired) electrons. The monoisotopic (exact) mass is 336 g/mol. The molecule has 1 aromatic rings. The number of carbonyl (C=O) groups excluding carboxylic acids is 1. The molecule has 0 amide bonds. The maximum atomic E-state index is 11.1. The van der Waals surface area contributed by atoms with E-state index in [1.165, 1.54) is 6.92 Å². The number of rotatable bonds is 9. The standard InChI is InChI=1S/C19H28O5/c1-4-5-6-17(18-11-12-19(24-18)23-14(2)20)22-13-15-7-9-16(21-3)10-8-15/h7-10,17-19H,4-6,11-13H2,1-3H3/t17-,18-,19?/m0/s1. The smallest absolute Gasteiger partial charge is 0.304 e. The quantitative estimate of drug-likeness (QED) is 0.641. The number of hydrogen-bond donors (Lipinski definition) is 0. The summed E-state index contributed by atoms with van der Waals surface area (Å²) in [6.45, 7) is 4.11. The predicted molar refractivity (Wildman–Crippen MR) is 90.8 cm³/mol. The van der Waals surface area contributed by atoms with Crippen LogP contribution in [0.15, 0.2) is 24.3 Å². The molecular formula is C19H28O5. The Morgan fingerprint density at radius 2 is 2.04 bits per heavy atom. The molecule has 1 saturated heterocycles. The van der Waals surface area contributed by atoms with E-state index >= 15 is 0 Å². The van der Waals surface area contributed by atoms with Crippen molar-refractivity contribution in [2.45, 2.75) is 71.1 Å². The molecule has 24 heavy (non-hydrogen) atoms. The van der Waals surface area contributed by atoms with Crippen LogP contribution in [0, 0.1) is 0 Å². The zero-order valence-electron chi connectivity index (χ0n) is 14.8. The Labute approximate surface area is 144 Å². The number of esters is 1. The molecule has 5 nitrogen and oxygen atoms in total. The normalized spacial score (nSPS) is 21.5. The number of ether oxygens (including phenoxy) is 4. The van der Waals surface area contributed by atoms with Crippen LogP contribution in [0.5, 0.6) is 5.75 Å². The Kier molecular flexibility index (Phi) is 7.53. The maximum absolute atomic E-state index is 11.1. The van der Waals surface area contributed by atoms with Crippen LogP contribution in [-0.2, 0) is 25.6 Å². The van der Waals surface area contributed by atoms with Crippen molar-refractivity contribution in [2.24, 2.45) is 0 Å². The van der Waals surface area contributed by atoms with Gasteiger partial charge in [-0.2, -0.15) is 0 Å². The third-order valence-corrected chi connectivity index (χ3v) is 4.19. The molecule has 1 aromatic carbocycles. The summed E-state index contributed by atoms with van der Waals surface area (Å²) in [7, 11) is 1.66. The van der Waals surface area contributed by atoms with Crippen LogP contribution in [-0.4, -0.2) is 31.6 Å². The van der Waals surface area contributed by atoms with Crippen LogP contribution in [0.2, 0.25) is 0 Å².